The molecule has 0 radical (unpaired) electrons. The Labute approximate surface area is 123 Å². The van der Waals surface area contributed by atoms with Crippen LogP contribution in [0.2, 0.25) is 5.02 Å². The van der Waals surface area contributed by atoms with Crippen molar-refractivity contribution in [1.82, 2.24) is 4.98 Å². The maximum atomic E-state index is 6.27. The number of pyridine rings is 1. The minimum absolute atomic E-state index is 0.540. The number of piperidine rings is 1. The number of aromatic nitrogens is 1. The first kappa shape index (κ1) is 14.1. The number of halogens is 2. The molecule has 0 spiro atoms. The molecular formula is C14H20BrClN2. The van der Waals surface area contributed by atoms with E-state index < -0.39 is 0 Å². The Kier molecular flexibility index (Phi) is 4.54. The van der Waals surface area contributed by atoms with Gasteiger partial charge in [-0.2, -0.15) is 0 Å². The van der Waals surface area contributed by atoms with Gasteiger partial charge in [0.1, 0.15) is 5.82 Å². The van der Waals surface area contributed by atoms with Crippen molar-refractivity contribution >= 4 is 33.3 Å². The lowest BCUT2D eigenvalue weighted by Gasteiger charge is -2.41. The summed E-state index contributed by atoms with van der Waals surface area (Å²) in [4.78, 5) is 6.77. The van der Waals surface area contributed by atoms with Gasteiger partial charge in [0.2, 0.25) is 0 Å². The van der Waals surface area contributed by atoms with Crippen LogP contribution in [0.25, 0.3) is 0 Å². The van der Waals surface area contributed by atoms with E-state index >= 15 is 0 Å². The van der Waals surface area contributed by atoms with E-state index in [2.05, 4.69) is 39.7 Å². The molecule has 0 bridgehead atoms. The van der Waals surface area contributed by atoms with Crippen molar-refractivity contribution in [3.63, 3.8) is 0 Å². The molecule has 1 saturated heterocycles. The van der Waals surface area contributed by atoms with Gasteiger partial charge in [-0.3, -0.25) is 0 Å². The van der Waals surface area contributed by atoms with Gasteiger partial charge in [-0.05, 0) is 40.3 Å². The maximum absolute atomic E-state index is 6.27. The summed E-state index contributed by atoms with van der Waals surface area (Å²) in [6.45, 7) is 6.75. The van der Waals surface area contributed by atoms with Gasteiger partial charge in [0.15, 0.2) is 0 Å². The zero-order valence-electron chi connectivity index (χ0n) is 11.0. The Bertz CT molecular complexity index is 408. The third-order valence-corrected chi connectivity index (χ3v) is 5.12. The van der Waals surface area contributed by atoms with Crippen LogP contribution in [0.3, 0.4) is 0 Å². The van der Waals surface area contributed by atoms with Crippen molar-refractivity contribution in [2.75, 3.05) is 18.0 Å². The summed E-state index contributed by atoms with van der Waals surface area (Å²) in [5.41, 5.74) is 0.540. The molecule has 2 heterocycles. The number of rotatable bonds is 3. The lowest BCUT2D eigenvalue weighted by Crippen LogP contribution is -2.40. The highest BCUT2D eigenvalue weighted by molar-refractivity contribution is 9.10. The van der Waals surface area contributed by atoms with Gasteiger partial charge in [0.05, 0.1) is 5.02 Å². The zero-order valence-corrected chi connectivity index (χ0v) is 13.4. The van der Waals surface area contributed by atoms with Gasteiger partial charge in [-0.1, -0.05) is 38.3 Å². The van der Waals surface area contributed by atoms with E-state index in [1.165, 1.54) is 25.7 Å². The summed E-state index contributed by atoms with van der Waals surface area (Å²) in [6.07, 6.45) is 6.86. The Hall–Kier alpha value is -0.280. The molecule has 0 aliphatic carbocycles. The van der Waals surface area contributed by atoms with Crippen LogP contribution in [0.4, 0.5) is 5.82 Å². The Morgan fingerprint density at radius 1 is 1.33 bits per heavy atom. The smallest absolute Gasteiger partial charge is 0.147 e. The highest BCUT2D eigenvalue weighted by Gasteiger charge is 2.32. The largest absolute Gasteiger partial charge is 0.355 e. The molecule has 4 heteroatoms. The molecule has 0 aromatic carbocycles. The topological polar surface area (TPSA) is 16.1 Å². The van der Waals surface area contributed by atoms with Crippen LogP contribution in [0.15, 0.2) is 16.7 Å². The van der Waals surface area contributed by atoms with Crippen molar-refractivity contribution in [2.45, 2.75) is 39.5 Å². The van der Waals surface area contributed by atoms with Crippen molar-refractivity contribution < 1.29 is 0 Å². The predicted octanol–water partition coefficient (Wildman–Crippen LogP) is 4.90. The van der Waals surface area contributed by atoms with E-state index in [0.29, 0.717) is 5.41 Å². The molecule has 2 rings (SSSR count). The van der Waals surface area contributed by atoms with Crippen LogP contribution in [0.5, 0.6) is 0 Å². The highest BCUT2D eigenvalue weighted by atomic mass is 79.9. The second-order valence-electron chi connectivity index (χ2n) is 5.15. The summed E-state index contributed by atoms with van der Waals surface area (Å²) in [6, 6.07) is 1.92. The SMILES string of the molecule is CCC1(CC)CCN(c2ncc(Br)cc2Cl)CC1. The van der Waals surface area contributed by atoms with Gasteiger partial charge in [0, 0.05) is 23.8 Å². The molecule has 0 N–H and O–H groups in total. The first-order valence-electron chi connectivity index (χ1n) is 6.66. The molecule has 0 unspecified atom stereocenters. The quantitative estimate of drug-likeness (QED) is 0.783. The summed E-state index contributed by atoms with van der Waals surface area (Å²) in [7, 11) is 0. The number of nitrogens with zero attached hydrogens (tertiary/aromatic N) is 2. The van der Waals surface area contributed by atoms with E-state index in [1.54, 1.807) is 0 Å². The van der Waals surface area contributed by atoms with E-state index in [4.69, 9.17) is 11.6 Å². The van der Waals surface area contributed by atoms with Crippen molar-refractivity contribution in [1.29, 1.82) is 0 Å². The lowest BCUT2D eigenvalue weighted by atomic mass is 9.74. The second-order valence-corrected chi connectivity index (χ2v) is 6.48. The average Bonchev–Trinajstić information content (AvgIpc) is 2.39. The average molecular weight is 332 g/mol. The van der Waals surface area contributed by atoms with Gasteiger partial charge >= 0.3 is 0 Å². The number of anilines is 1. The summed E-state index contributed by atoms with van der Waals surface area (Å²) < 4.78 is 0.935. The van der Waals surface area contributed by atoms with Crippen LogP contribution in [-0.4, -0.2) is 18.1 Å². The molecule has 2 nitrogen and oxygen atoms in total. The summed E-state index contributed by atoms with van der Waals surface area (Å²) in [5.74, 6) is 0.931. The molecule has 0 amide bonds. The van der Waals surface area contributed by atoms with Gasteiger partial charge in [0.25, 0.3) is 0 Å². The second kappa shape index (κ2) is 5.79. The maximum Gasteiger partial charge on any atom is 0.147 e. The fraction of sp³-hybridized carbons (Fsp3) is 0.643. The third-order valence-electron chi connectivity index (χ3n) is 4.41. The van der Waals surface area contributed by atoms with Crippen LogP contribution in [0.1, 0.15) is 39.5 Å². The van der Waals surface area contributed by atoms with Crippen LogP contribution >= 0.6 is 27.5 Å². The fourth-order valence-corrected chi connectivity index (χ4v) is 3.54. The normalized spacial score (nSPS) is 19.0. The monoisotopic (exact) mass is 330 g/mol. The summed E-state index contributed by atoms with van der Waals surface area (Å²) >= 11 is 9.66. The molecule has 0 atom stereocenters. The highest BCUT2D eigenvalue weighted by Crippen LogP contribution is 2.40. The molecule has 1 fully saturated rings. The third kappa shape index (κ3) is 2.83. The molecule has 1 aromatic heterocycles. The van der Waals surface area contributed by atoms with Gasteiger partial charge in [-0.25, -0.2) is 4.98 Å². The molecule has 0 saturated carbocycles. The van der Waals surface area contributed by atoms with E-state index in [1.807, 2.05) is 12.3 Å². The first-order valence-corrected chi connectivity index (χ1v) is 7.83. The van der Waals surface area contributed by atoms with E-state index in [-0.39, 0.29) is 0 Å². The molecule has 1 aliphatic rings. The van der Waals surface area contributed by atoms with Crippen LogP contribution < -0.4 is 4.90 Å². The number of hydrogen-bond acceptors (Lipinski definition) is 2. The fourth-order valence-electron chi connectivity index (χ4n) is 2.79. The minimum Gasteiger partial charge on any atom is -0.355 e. The molecule has 1 aliphatic heterocycles. The van der Waals surface area contributed by atoms with Crippen molar-refractivity contribution in [3.8, 4) is 0 Å². The molecule has 100 valence electrons. The number of hydrogen-bond donors (Lipinski definition) is 0. The summed E-state index contributed by atoms with van der Waals surface area (Å²) in [5, 5.41) is 0.741. The first-order chi connectivity index (χ1) is 8.60. The van der Waals surface area contributed by atoms with E-state index in [9.17, 15) is 0 Å². The van der Waals surface area contributed by atoms with Crippen LogP contribution in [0, 0.1) is 5.41 Å². The Morgan fingerprint density at radius 2 is 1.94 bits per heavy atom. The molecule has 18 heavy (non-hydrogen) atoms. The van der Waals surface area contributed by atoms with Crippen molar-refractivity contribution in [3.05, 3.63) is 21.8 Å². The van der Waals surface area contributed by atoms with Crippen molar-refractivity contribution in [2.24, 2.45) is 5.41 Å². The predicted molar refractivity (Wildman–Crippen MR) is 81.4 cm³/mol. The lowest BCUT2D eigenvalue weighted by molar-refractivity contribution is 0.199. The van der Waals surface area contributed by atoms with Gasteiger partial charge < -0.3 is 4.90 Å². The zero-order chi connectivity index (χ0) is 13.2. The van der Waals surface area contributed by atoms with E-state index in [0.717, 1.165) is 28.4 Å². The van der Waals surface area contributed by atoms with Gasteiger partial charge in [-0.15, -0.1) is 0 Å². The Morgan fingerprint density at radius 3 is 2.44 bits per heavy atom. The molecule has 1 aromatic rings. The Balaban J connectivity index is 2.10. The standard InChI is InChI=1S/C14H20BrClN2/c1-3-14(4-2)5-7-18(8-6-14)13-12(16)9-11(15)10-17-13/h9-10H,3-8H2,1-2H3. The van der Waals surface area contributed by atoms with Crippen LogP contribution in [-0.2, 0) is 0 Å². The molecular weight excluding hydrogens is 312 g/mol. The minimum atomic E-state index is 0.540.